The maximum atomic E-state index is 13.2. The first-order valence-electron chi connectivity index (χ1n) is 10.2. The number of amides is 1. The number of benzene rings is 2. The average molecular weight is 433 g/mol. The van der Waals surface area contributed by atoms with Crippen molar-refractivity contribution in [3.8, 4) is 5.69 Å². The highest BCUT2D eigenvalue weighted by atomic mass is 32.2. The summed E-state index contributed by atoms with van der Waals surface area (Å²) >= 11 is 1.25. The summed E-state index contributed by atoms with van der Waals surface area (Å²) in [6.45, 7) is 5.94. The highest BCUT2D eigenvalue weighted by Gasteiger charge is 2.16. The van der Waals surface area contributed by atoms with Gasteiger partial charge in [0.1, 0.15) is 5.52 Å². The molecule has 1 amide bonds. The van der Waals surface area contributed by atoms with Crippen LogP contribution in [0.15, 0.2) is 64.5 Å². The van der Waals surface area contributed by atoms with E-state index in [1.54, 1.807) is 4.57 Å². The zero-order valence-corrected chi connectivity index (χ0v) is 18.5. The van der Waals surface area contributed by atoms with Crippen molar-refractivity contribution in [3.05, 3.63) is 81.8 Å². The van der Waals surface area contributed by atoms with E-state index in [1.165, 1.54) is 11.8 Å². The number of carbonyl (C=O) groups excluding carboxylic acids is 1. The Kier molecular flexibility index (Phi) is 5.95. The number of thioether (sulfide) groups is 1. The number of para-hydroxylation sites is 1. The predicted molar refractivity (Wildman–Crippen MR) is 126 cm³/mol. The van der Waals surface area contributed by atoms with E-state index in [1.807, 2.05) is 68.4 Å². The number of carbonyl (C=O) groups is 1. The lowest BCUT2D eigenvalue weighted by atomic mass is 10.1. The Morgan fingerprint density at radius 3 is 2.61 bits per heavy atom. The van der Waals surface area contributed by atoms with Crippen LogP contribution >= 0.6 is 11.8 Å². The molecule has 4 rings (SSSR count). The molecule has 7 heteroatoms. The molecule has 158 valence electrons. The molecule has 6 nitrogen and oxygen atoms in total. The summed E-state index contributed by atoms with van der Waals surface area (Å²) in [6.07, 6.45) is 0.835. The van der Waals surface area contributed by atoms with E-state index < -0.39 is 0 Å². The van der Waals surface area contributed by atoms with Gasteiger partial charge in [-0.3, -0.25) is 14.2 Å². The lowest BCUT2D eigenvalue weighted by molar-refractivity contribution is -0.113. The molecule has 2 aromatic carbocycles. The van der Waals surface area contributed by atoms with Crippen molar-refractivity contribution in [3.63, 3.8) is 0 Å². The number of fused-ring (bicyclic) bond motifs is 1. The van der Waals surface area contributed by atoms with E-state index in [4.69, 9.17) is 0 Å². The zero-order valence-electron chi connectivity index (χ0n) is 17.7. The van der Waals surface area contributed by atoms with Gasteiger partial charge in [-0.15, -0.1) is 0 Å². The lowest BCUT2D eigenvalue weighted by Crippen LogP contribution is -2.23. The summed E-state index contributed by atoms with van der Waals surface area (Å²) in [6, 6.07) is 17.3. The number of nitrogens with one attached hydrogen (secondary N) is 2. The fraction of sp³-hybridized carbons (Fsp3) is 0.208. The maximum Gasteiger partial charge on any atom is 0.283 e. The van der Waals surface area contributed by atoms with Gasteiger partial charge >= 0.3 is 0 Å². The molecule has 4 aromatic rings. The van der Waals surface area contributed by atoms with E-state index >= 15 is 0 Å². The molecular formula is C24H24N4O2S. The molecule has 0 aliphatic heterocycles. The highest BCUT2D eigenvalue weighted by Crippen LogP contribution is 2.23. The summed E-state index contributed by atoms with van der Waals surface area (Å²) < 4.78 is 1.57. The van der Waals surface area contributed by atoms with Crippen LogP contribution in [0.4, 0.5) is 5.69 Å². The molecule has 2 heterocycles. The van der Waals surface area contributed by atoms with Crippen LogP contribution in [0.2, 0.25) is 0 Å². The van der Waals surface area contributed by atoms with Crippen molar-refractivity contribution >= 4 is 34.4 Å². The second kappa shape index (κ2) is 8.81. The van der Waals surface area contributed by atoms with Gasteiger partial charge < -0.3 is 10.3 Å². The Balaban J connectivity index is 1.66. The number of anilines is 1. The molecule has 0 aliphatic carbocycles. The second-order valence-electron chi connectivity index (χ2n) is 7.43. The van der Waals surface area contributed by atoms with E-state index in [-0.39, 0.29) is 17.2 Å². The number of aromatic nitrogens is 3. The van der Waals surface area contributed by atoms with Crippen molar-refractivity contribution < 1.29 is 4.79 Å². The van der Waals surface area contributed by atoms with Crippen molar-refractivity contribution in [1.29, 1.82) is 0 Å². The van der Waals surface area contributed by atoms with E-state index in [0.717, 1.165) is 34.6 Å². The summed E-state index contributed by atoms with van der Waals surface area (Å²) in [5.41, 5.74) is 5.47. The van der Waals surface area contributed by atoms with E-state index in [9.17, 15) is 9.59 Å². The number of aryl methyl sites for hydroxylation is 3. The van der Waals surface area contributed by atoms with Crippen LogP contribution in [0.1, 0.15) is 23.7 Å². The van der Waals surface area contributed by atoms with E-state index in [2.05, 4.69) is 22.2 Å². The largest absolute Gasteiger partial charge is 0.353 e. The first-order valence-corrected chi connectivity index (χ1v) is 11.1. The molecule has 2 aromatic heterocycles. The zero-order chi connectivity index (χ0) is 22.0. The normalized spacial score (nSPS) is 11.1. The Labute approximate surface area is 184 Å². The Hall–Kier alpha value is -3.32. The molecule has 0 radical (unpaired) electrons. The van der Waals surface area contributed by atoms with Crippen molar-refractivity contribution in [2.24, 2.45) is 0 Å². The summed E-state index contributed by atoms with van der Waals surface area (Å²) in [7, 11) is 0. The molecule has 0 saturated carbocycles. The van der Waals surface area contributed by atoms with Crippen LogP contribution in [0, 0.1) is 13.8 Å². The molecule has 0 atom stereocenters. The molecular weight excluding hydrogens is 408 g/mol. The maximum absolute atomic E-state index is 13.2. The fourth-order valence-corrected chi connectivity index (χ4v) is 4.28. The Morgan fingerprint density at radius 2 is 1.87 bits per heavy atom. The van der Waals surface area contributed by atoms with Gasteiger partial charge in [0.15, 0.2) is 5.16 Å². The number of hydrogen-bond donors (Lipinski definition) is 2. The summed E-state index contributed by atoms with van der Waals surface area (Å²) in [5.74, 6) is 0.00610. The lowest BCUT2D eigenvalue weighted by Gasteiger charge is -2.13. The standard InChI is InChI=1S/C24H24N4O2S/c1-4-17-7-5-6-8-19(17)26-21(29)14-31-24-27-20-13-16(3)25-22(20)23(30)28(24)18-11-9-15(2)10-12-18/h5-13,25H,4,14H2,1-3H3,(H,26,29). The quantitative estimate of drug-likeness (QED) is 0.344. The van der Waals surface area contributed by atoms with Gasteiger partial charge in [-0.1, -0.05) is 54.6 Å². The van der Waals surface area contributed by atoms with Crippen LogP contribution in [-0.4, -0.2) is 26.2 Å². The van der Waals surface area contributed by atoms with Gasteiger partial charge in [-0.25, -0.2) is 4.98 Å². The van der Waals surface area contributed by atoms with Gasteiger partial charge in [0.2, 0.25) is 5.91 Å². The van der Waals surface area contributed by atoms with Gasteiger partial charge in [0.05, 0.1) is 17.0 Å². The van der Waals surface area contributed by atoms with Crippen LogP contribution in [0.5, 0.6) is 0 Å². The third-order valence-corrected chi connectivity index (χ3v) is 5.99. The van der Waals surface area contributed by atoms with Gasteiger partial charge in [-0.05, 0) is 50.1 Å². The first kappa shape index (κ1) is 20.9. The van der Waals surface area contributed by atoms with Gasteiger partial charge in [0.25, 0.3) is 5.56 Å². The summed E-state index contributed by atoms with van der Waals surface area (Å²) in [4.78, 5) is 33.7. The third-order valence-electron chi connectivity index (χ3n) is 5.05. The molecule has 2 N–H and O–H groups in total. The minimum absolute atomic E-state index is 0.138. The van der Waals surface area contributed by atoms with Crippen LogP contribution < -0.4 is 10.9 Å². The fourth-order valence-electron chi connectivity index (χ4n) is 3.46. The van der Waals surface area contributed by atoms with Crippen molar-refractivity contribution in [2.75, 3.05) is 11.1 Å². The highest BCUT2D eigenvalue weighted by molar-refractivity contribution is 7.99. The smallest absolute Gasteiger partial charge is 0.283 e. The molecule has 0 bridgehead atoms. The molecule has 31 heavy (non-hydrogen) atoms. The van der Waals surface area contributed by atoms with Gasteiger partial charge in [0, 0.05) is 11.4 Å². The Bertz CT molecular complexity index is 1310. The van der Waals surface area contributed by atoms with Gasteiger partial charge in [-0.2, -0.15) is 0 Å². The summed E-state index contributed by atoms with van der Waals surface area (Å²) in [5, 5.41) is 3.46. The van der Waals surface area contributed by atoms with Crippen molar-refractivity contribution in [2.45, 2.75) is 32.3 Å². The number of H-pyrrole nitrogens is 1. The van der Waals surface area contributed by atoms with Crippen molar-refractivity contribution in [1.82, 2.24) is 14.5 Å². The van der Waals surface area contributed by atoms with E-state index in [0.29, 0.717) is 16.2 Å². The molecule has 0 saturated heterocycles. The Morgan fingerprint density at radius 1 is 1.13 bits per heavy atom. The molecule has 0 aliphatic rings. The number of hydrogen-bond acceptors (Lipinski definition) is 4. The monoisotopic (exact) mass is 432 g/mol. The van der Waals surface area contributed by atoms with Crippen LogP contribution in [0.25, 0.3) is 16.7 Å². The second-order valence-corrected chi connectivity index (χ2v) is 8.37. The number of rotatable bonds is 6. The molecule has 0 unspecified atom stereocenters. The third kappa shape index (κ3) is 4.41. The number of aromatic amines is 1. The average Bonchev–Trinajstić information content (AvgIpc) is 3.14. The minimum atomic E-state index is -0.179. The topological polar surface area (TPSA) is 79.8 Å². The van der Waals surface area contributed by atoms with Crippen LogP contribution in [0.3, 0.4) is 0 Å². The minimum Gasteiger partial charge on any atom is -0.353 e. The molecule has 0 fully saturated rings. The van der Waals surface area contributed by atoms with Crippen LogP contribution in [-0.2, 0) is 11.2 Å². The number of nitrogens with zero attached hydrogens (tertiary/aromatic N) is 2. The molecule has 0 spiro atoms. The first-order chi connectivity index (χ1) is 15.0. The SMILES string of the molecule is CCc1ccccc1NC(=O)CSc1nc2cc(C)[nH]c2c(=O)n1-c1ccc(C)cc1. The predicted octanol–water partition coefficient (Wildman–Crippen LogP) is 4.62.